The van der Waals surface area contributed by atoms with Crippen LogP contribution >= 0.6 is 0 Å². The number of ether oxygens (including phenoxy) is 2. The summed E-state index contributed by atoms with van der Waals surface area (Å²) >= 11 is 0. The molecule has 0 saturated carbocycles. The third-order valence-electron chi connectivity index (χ3n) is 3.33. The number of hydrogen-bond donors (Lipinski definition) is 1. The first kappa shape index (κ1) is 11.4. The van der Waals surface area contributed by atoms with Gasteiger partial charge in [-0.2, -0.15) is 0 Å². The van der Waals surface area contributed by atoms with E-state index in [1.54, 1.807) is 0 Å². The predicted octanol–water partition coefficient (Wildman–Crippen LogP) is 1.71. The van der Waals surface area contributed by atoms with Crippen LogP contribution in [0.5, 0.6) is 0 Å². The Labute approximate surface area is 92.5 Å². The Morgan fingerprint density at radius 2 is 2.07 bits per heavy atom. The van der Waals surface area contributed by atoms with Gasteiger partial charge in [0, 0.05) is 13.2 Å². The molecule has 0 aromatic heterocycles. The summed E-state index contributed by atoms with van der Waals surface area (Å²) in [5.74, 6) is 0. The second-order valence-electron chi connectivity index (χ2n) is 4.60. The van der Waals surface area contributed by atoms with Crippen LogP contribution in [-0.2, 0) is 9.47 Å². The number of piperidine rings is 1. The summed E-state index contributed by atoms with van der Waals surface area (Å²) in [6.45, 7) is 4.14. The molecule has 2 aliphatic rings. The van der Waals surface area contributed by atoms with Gasteiger partial charge in [0.15, 0.2) is 0 Å². The summed E-state index contributed by atoms with van der Waals surface area (Å²) < 4.78 is 11.4. The lowest BCUT2D eigenvalue weighted by Gasteiger charge is -2.23. The van der Waals surface area contributed by atoms with E-state index in [1.165, 1.54) is 32.1 Å². The van der Waals surface area contributed by atoms with Crippen LogP contribution in [0.25, 0.3) is 0 Å². The van der Waals surface area contributed by atoms with E-state index < -0.39 is 0 Å². The van der Waals surface area contributed by atoms with Crippen LogP contribution in [0, 0.1) is 0 Å². The first-order valence-electron chi connectivity index (χ1n) is 6.39. The van der Waals surface area contributed by atoms with Gasteiger partial charge in [-0.3, -0.25) is 0 Å². The molecule has 0 amide bonds. The minimum atomic E-state index is 0.510. The molecule has 0 bridgehead atoms. The molecule has 88 valence electrons. The van der Waals surface area contributed by atoms with Crippen molar-refractivity contribution in [3.8, 4) is 0 Å². The number of nitrogens with one attached hydrogen (secondary N) is 1. The van der Waals surface area contributed by atoms with Crippen LogP contribution in [0.4, 0.5) is 0 Å². The minimum Gasteiger partial charge on any atom is -0.378 e. The van der Waals surface area contributed by atoms with E-state index in [0.29, 0.717) is 12.2 Å². The predicted molar refractivity (Wildman–Crippen MR) is 60.1 cm³/mol. The molecule has 2 fully saturated rings. The summed E-state index contributed by atoms with van der Waals surface area (Å²) in [7, 11) is 0. The first-order valence-corrected chi connectivity index (χ1v) is 6.39. The molecule has 0 aliphatic carbocycles. The molecule has 0 spiro atoms. The minimum absolute atomic E-state index is 0.510. The van der Waals surface area contributed by atoms with Crippen molar-refractivity contribution < 1.29 is 9.47 Å². The maximum Gasteiger partial charge on any atom is 0.0599 e. The van der Waals surface area contributed by atoms with E-state index in [4.69, 9.17) is 9.47 Å². The van der Waals surface area contributed by atoms with Crippen LogP contribution in [0.1, 0.15) is 38.5 Å². The van der Waals surface area contributed by atoms with Gasteiger partial charge in [-0.05, 0) is 51.6 Å². The molecule has 0 aromatic carbocycles. The number of rotatable bonds is 5. The molecule has 2 aliphatic heterocycles. The van der Waals surface area contributed by atoms with Crippen molar-refractivity contribution in [2.75, 3.05) is 26.3 Å². The van der Waals surface area contributed by atoms with Crippen molar-refractivity contribution >= 4 is 0 Å². The number of hydrogen-bond acceptors (Lipinski definition) is 3. The van der Waals surface area contributed by atoms with Gasteiger partial charge in [0.25, 0.3) is 0 Å². The molecule has 15 heavy (non-hydrogen) atoms. The van der Waals surface area contributed by atoms with Gasteiger partial charge in [0.1, 0.15) is 0 Å². The molecular weight excluding hydrogens is 190 g/mol. The van der Waals surface area contributed by atoms with Crippen LogP contribution in [0.3, 0.4) is 0 Å². The van der Waals surface area contributed by atoms with Gasteiger partial charge in [-0.15, -0.1) is 0 Å². The van der Waals surface area contributed by atoms with Crippen LogP contribution in [-0.4, -0.2) is 38.5 Å². The van der Waals surface area contributed by atoms with Gasteiger partial charge >= 0.3 is 0 Å². The zero-order valence-electron chi connectivity index (χ0n) is 9.54. The van der Waals surface area contributed by atoms with Gasteiger partial charge < -0.3 is 14.8 Å². The second kappa shape index (κ2) is 6.46. The largest absolute Gasteiger partial charge is 0.378 e. The van der Waals surface area contributed by atoms with Crippen LogP contribution in [0.15, 0.2) is 0 Å². The van der Waals surface area contributed by atoms with E-state index in [0.717, 1.165) is 32.7 Å². The Bertz CT molecular complexity index is 163. The molecule has 0 radical (unpaired) electrons. The Kier molecular flexibility index (Phi) is 4.90. The maximum atomic E-state index is 5.85. The molecular formula is C12H23NO2. The first-order chi connectivity index (χ1) is 7.45. The Morgan fingerprint density at radius 3 is 2.80 bits per heavy atom. The fourth-order valence-electron chi connectivity index (χ4n) is 2.40. The average molecular weight is 213 g/mol. The van der Waals surface area contributed by atoms with Crippen LogP contribution in [0.2, 0.25) is 0 Å². The van der Waals surface area contributed by atoms with Gasteiger partial charge in [-0.1, -0.05) is 0 Å². The molecule has 1 unspecified atom stereocenters. The SMILES string of the molecule is C1COC(CCCOC2CCNCC2)C1. The monoisotopic (exact) mass is 213 g/mol. The maximum absolute atomic E-state index is 5.85. The van der Waals surface area contributed by atoms with Crippen molar-refractivity contribution in [2.24, 2.45) is 0 Å². The summed E-state index contributed by atoms with van der Waals surface area (Å²) in [4.78, 5) is 0. The standard InChI is InChI=1S/C12H23NO2/c1-3-11(14-9-1)4-2-10-15-12-5-7-13-8-6-12/h11-13H,1-10H2. The highest BCUT2D eigenvalue weighted by molar-refractivity contribution is 4.69. The van der Waals surface area contributed by atoms with Crippen molar-refractivity contribution in [3.63, 3.8) is 0 Å². The lowest BCUT2D eigenvalue weighted by atomic mass is 10.1. The van der Waals surface area contributed by atoms with Gasteiger partial charge in [0.05, 0.1) is 12.2 Å². The highest BCUT2D eigenvalue weighted by Crippen LogP contribution is 2.17. The van der Waals surface area contributed by atoms with E-state index in [-0.39, 0.29) is 0 Å². The van der Waals surface area contributed by atoms with Crippen molar-refractivity contribution in [3.05, 3.63) is 0 Å². The van der Waals surface area contributed by atoms with Crippen molar-refractivity contribution in [1.82, 2.24) is 5.32 Å². The summed E-state index contributed by atoms with van der Waals surface area (Å²) in [6, 6.07) is 0. The Balaban J connectivity index is 1.47. The molecule has 2 rings (SSSR count). The molecule has 2 saturated heterocycles. The summed E-state index contributed by atoms with van der Waals surface area (Å²) in [5.41, 5.74) is 0. The van der Waals surface area contributed by atoms with E-state index in [1.807, 2.05) is 0 Å². The van der Waals surface area contributed by atoms with E-state index in [9.17, 15) is 0 Å². The zero-order valence-corrected chi connectivity index (χ0v) is 9.54. The quantitative estimate of drug-likeness (QED) is 0.705. The summed E-state index contributed by atoms with van der Waals surface area (Å²) in [5, 5.41) is 3.35. The van der Waals surface area contributed by atoms with Crippen molar-refractivity contribution in [2.45, 2.75) is 50.7 Å². The van der Waals surface area contributed by atoms with Gasteiger partial charge in [0.2, 0.25) is 0 Å². The highest BCUT2D eigenvalue weighted by Gasteiger charge is 2.16. The third kappa shape index (κ3) is 4.09. The highest BCUT2D eigenvalue weighted by atomic mass is 16.5. The average Bonchev–Trinajstić information content (AvgIpc) is 2.79. The lowest BCUT2D eigenvalue weighted by molar-refractivity contribution is 0.0226. The van der Waals surface area contributed by atoms with Crippen LogP contribution < -0.4 is 5.32 Å². The normalized spacial score (nSPS) is 28.4. The fourth-order valence-corrected chi connectivity index (χ4v) is 2.40. The second-order valence-corrected chi connectivity index (χ2v) is 4.60. The van der Waals surface area contributed by atoms with E-state index in [2.05, 4.69) is 5.32 Å². The molecule has 3 nitrogen and oxygen atoms in total. The summed E-state index contributed by atoms with van der Waals surface area (Å²) in [6.07, 6.45) is 8.25. The molecule has 3 heteroatoms. The third-order valence-corrected chi connectivity index (χ3v) is 3.33. The molecule has 1 N–H and O–H groups in total. The Hall–Kier alpha value is -0.120. The van der Waals surface area contributed by atoms with Gasteiger partial charge in [-0.25, -0.2) is 0 Å². The fraction of sp³-hybridized carbons (Fsp3) is 1.00. The molecule has 0 aromatic rings. The van der Waals surface area contributed by atoms with E-state index >= 15 is 0 Å². The topological polar surface area (TPSA) is 30.5 Å². The smallest absolute Gasteiger partial charge is 0.0599 e. The molecule has 2 heterocycles. The molecule has 1 atom stereocenters. The lowest BCUT2D eigenvalue weighted by Crippen LogP contribution is -2.32. The zero-order chi connectivity index (χ0) is 10.3. The Morgan fingerprint density at radius 1 is 1.20 bits per heavy atom. The van der Waals surface area contributed by atoms with Crippen molar-refractivity contribution in [1.29, 1.82) is 0 Å².